The molecule has 3 aromatic rings. The zero-order chi connectivity index (χ0) is 17.9. The Morgan fingerprint density at radius 3 is 2.65 bits per heavy atom. The second kappa shape index (κ2) is 7.25. The number of hydrogen-bond donors (Lipinski definition) is 2. The summed E-state index contributed by atoms with van der Waals surface area (Å²) in [5.41, 5.74) is 11.8. The zero-order valence-corrected chi connectivity index (χ0v) is 15.1. The van der Waals surface area contributed by atoms with Gasteiger partial charge in [0.15, 0.2) is 0 Å². The number of fused-ring (bicyclic) bond motifs is 1. The molecule has 3 heterocycles. The Bertz CT molecular complexity index is 917. The molecule has 0 aliphatic carbocycles. The Balaban J connectivity index is 1.82. The number of aromatic nitrogens is 3. The minimum atomic E-state index is 0.316. The highest BCUT2D eigenvalue weighted by Crippen LogP contribution is 2.31. The van der Waals surface area contributed by atoms with Crippen LogP contribution in [0, 0.1) is 0 Å². The molecule has 1 aliphatic heterocycles. The van der Waals surface area contributed by atoms with Gasteiger partial charge in [0.2, 0.25) is 5.95 Å². The first-order valence-electron chi connectivity index (χ1n) is 9.24. The zero-order valence-electron chi connectivity index (χ0n) is 15.1. The maximum atomic E-state index is 5.86. The maximum Gasteiger partial charge on any atom is 0.220 e. The highest BCUT2D eigenvalue weighted by molar-refractivity contribution is 5.84. The van der Waals surface area contributed by atoms with E-state index < -0.39 is 0 Å². The SMILES string of the molecule is CCCc1nc(N)nc2ccc(-c3ccccc3N3CCNCC3)nc12. The number of para-hydroxylation sites is 1. The van der Waals surface area contributed by atoms with E-state index in [1.54, 1.807) is 0 Å². The third kappa shape index (κ3) is 3.20. The minimum absolute atomic E-state index is 0.316. The average molecular weight is 348 g/mol. The van der Waals surface area contributed by atoms with Crippen molar-refractivity contribution < 1.29 is 0 Å². The predicted molar refractivity (Wildman–Crippen MR) is 106 cm³/mol. The van der Waals surface area contributed by atoms with Crippen LogP contribution >= 0.6 is 0 Å². The molecule has 134 valence electrons. The van der Waals surface area contributed by atoms with Gasteiger partial charge in [-0.1, -0.05) is 31.5 Å². The normalized spacial score (nSPS) is 14.7. The molecule has 1 fully saturated rings. The van der Waals surface area contributed by atoms with Crippen LogP contribution in [-0.4, -0.2) is 41.1 Å². The van der Waals surface area contributed by atoms with Crippen LogP contribution in [0.15, 0.2) is 36.4 Å². The van der Waals surface area contributed by atoms with Crippen molar-refractivity contribution in [2.45, 2.75) is 19.8 Å². The summed E-state index contributed by atoms with van der Waals surface area (Å²) in [6.45, 7) is 6.16. The topological polar surface area (TPSA) is 80.0 Å². The van der Waals surface area contributed by atoms with Crippen molar-refractivity contribution in [3.63, 3.8) is 0 Å². The van der Waals surface area contributed by atoms with E-state index in [1.165, 1.54) is 5.69 Å². The summed E-state index contributed by atoms with van der Waals surface area (Å²) in [6.07, 6.45) is 1.84. The van der Waals surface area contributed by atoms with Crippen molar-refractivity contribution in [2.24, 2.45) is 0 Å². The van der Waals surface area contributed by atoms with Gasteiger partial charge in [-0.2, -0.15) is 0 Å². The van der Waals surface area contributed by atoms with E-state index in [-0.39, 0.29) is 0 Å². The van der Waals surface area contributed by atoms with Crippen LogP contribution in [0.5, 0.6) is 0 Å². The predicted octanol–water partition coefficient (Wildman–Crippen LogP) is 2.64. The lowest BCUT2D eigenvalue weighted by Crippen LogP contribution is -2.43. The molecule has 6 nitrogen and oxygen atoms in total. The number of nitrogens with one attached hydrogen (secondary N) is 1. The lowest BCUT2D eigenvalue weighted by Gasteiger charge is -2.31. The first kappa shape index (κ1) is 16.7. The molecule has 0 saturated carbocycles. The number of nitrogens with two attached hydrogens (primary N) is 1. The molecule has 0 spiro atoms. The Hall–Kier alpha value is -2.73. The molecule has 6 heteroatoms. The van der Waals surface area contributed by atoms with E-state index >= 15 is 0 Å². The van der Waals surface area contributed by atoms with Crippen LogP contribution in [0.2, 0.25) is 0 Å². The monoisotopic (exact) mass is 348 g/mol. The van der Waals surface area contributed by atoms with Crippen LogP contribution < -0.4 is 16.0 Å². The standard InChI is InChI=1S/C20H24N6/c1-2-5-16-19-17(25-20(21)24-16)9-8-15(23-19)14-6-3-4-7-18(14)26-12-10-22-11-13-26/h3-4,6-9,22H,2,5,10-13H2,1H3,(H2,21,24,25). The summed E-state index contributed by atoms with van der Waals surface area (Å²) >= 11 is 0. The van der Waals surface area contributed by atoms with Crippen molar-refractivity contribution in [2.75, 3.05) is 36.8 Å². The van der Waals surface area contributed by atoms with Gasteiger partial charge in [0.1, 0.15) is 5.52 Å². The second-order valence-electron chi connectivity index (χ2n) is 6.60. The number of benzene rings is 1. The number of nitrogens with zero attached hydrogens (tertiary/aromatic N) is 4. The smallest absolute Gasteiger partial charge is 0.220 e. The molecule has 3 N–H and O–H groups in total. The molecule has 2 aromatic heterocycles. The Morgan fingerprint density at radius 2 is 1.85 bits per heavy atom. The van der Waals surface area contributed by atoms with Crippen LogP contribution in [-0.2, 0) is 6.42 Å². The van der Waals surface area contributed by atoms with Crippen molar-refractivity contribution in [1.82, 2.24) is 20.3 Å². The molecule has 26 heavy (non-hydrogen) atoms. The summed E-state index contributed by atoms with van der Waals surface area (Å²) in [4.78, 5) is 16.1. The fraction of sp³-hybridized carbons (Fsp3) is 0.350. The number of nitrogen functional groups attached to an aromatic ring is 1. The van der Waals surface area contributed by atoms with Crippen molar-refractivity contribution in [3.05, 3.63) is 42.1 Å². The van der Waals surface area contributed by atoms with Gasteiger partial charge >= 0.3 is 0 Å². The molecule has 0 amide bonds. The van der Waals surface area contributed by atoms with Crippen LogP contribution in [0.1, 0.15) is 19.0 Å². The molecule has 1 saturated heterocycles. The lowest BCUT2D eigenvalue weighted by molar-refractivity contribution is 0.589. The summed E-state index contributed by atoms with van der Waals surface area (Å²) < 4.78 is 0. The summed E-state index contributed by atoms with van der Waals surface area (Å²) in [7, 11) is 0. The Labute approximate surface area is 153 Å². The molecule has 0 atom stereocenters. The largest absolute Gasteiger partial charge is 0.368 e. The number of rotatable bonds is 4. The third-order valence-corrected chi connectivity index (χ3v) is 4.76. The number of aryl methyl sites for hydroxylation is 1. The fourth-order valence-electron chi connectivity index (χ4n) is 3.53. The average Bonchev–Trinajstić information content (AvgIpc) is 2.68. The molecule has 0 radical (unpaired) electrons. The molecule has 4 rings (SSSR count). The van der Waals surface area contributed by atoms with Gasteiger partial charge in [-0.05, 0) is 24.6 Å². The van der Waals surface area contributed by atoms with Crippen LogP contribution in [0.4, 0.5) is 11.6 Å². The van der Waals surface area contributed by atoms with Gasteiger partial charge in [-0.3, -0.25) is 0 Å². The van der Waals surface area contributed by atoms with Gasteiger partial charge in [0.05, 0.1) is 16.9 Å². The molecule has 0 unspecified atom stereocenters. The summed E-state index contributed by atoms with van der Waals surface area (Å²) in [6, 6.07) is 12.5. The highest BCUT2D eigenvalue weighted by Gasteiger charge is 2.16. The van der Waals surface area contributed by atoms with Gasteiger partial charge in [-0.15, -0.1) is 0 Å². The minimum Gasteiger partial charge on any atom is -0.368 e. The fourth-order valence-corrected chi connectivity index (χ4v) is 3.53. The summed E-state index contributed by atoms with van der Waals surface area (Å²) in [5, 5.41) is 3.41. The van der Waals surface area contributed by atoms with Crippen LogP contribution in [0.3, 0.4) is 0 Å². The van der Waals surface area contributed by atoms with E-state index in [4.69, 9.17) is 10.7 Å². The summed E-state index contributed by atoms with van der Waals surface area (Å²) in [5.74, 6) is 0.316. The third-order valence-electron chi connectivity index (χ3n) is 4.76. The Kier molecular flexibility index (Phi) is 4.67. The number of hydrogen-bond acceptors (Lipinski definition) is 6. The molecule has 0 bridgehead atoms. The Morgan fingerprint density at radius 1 is 1.04 bits per heavy atom. The quantitative estimate of drug-likeness (QED) is 0.754. The maximum absolute atomic E-state index is 5.86. The van der Waals surface area contributed by atoms with Crippen molar-refractivity contribution in [3.8, 4) is 11.3 Å². The number of pyridine rings is 1. The van der Waals surface area contributed by atoms with E-state index in [9.17, 15) is 0 Å². The van der Waals surface area contributed by atoms with Gasteiger partial charge < -0.3 is 16.0 Å². The van der Waals surface area contributed by atoms with E-state index in [0.717, 1.165) is 67.0 Å². The van der Waals surface area contributed by atoms with Crippen LogP contribution in [0.25, 0.3) is 22.3 Å². The second-order valence-corrected chi connectivity index (χ2v) is 6.60. The van der Waals surface area contributed by atoms with Gasteiger partial charge in [-0.25, -0.2) is 15.0 Å². The molecular formula is C20H24N6. The first-order chi connectivity index (χ1) is 12.8. The van der Waals surface area contributed by atoms with E-state index in [1.807, 2.05) is 12.1 Å². The number of piperazine rings is 1. The molecule has 1 aromatic carbocycles. The molecule has 1 aliphatic rings. The van der Waals surface area contributed by atoms with E-state index in [2.05, 4.69) is 51.4 Å². The lowest BCUT2D eigenvalue weighted by atomic mass is 10.1. The number of anilines is 2. The van der Waals surface area contributed by atoms with Crippen molar-refractivity contribution >= 4 is 22.7 Å². The highest BCUT2D eigenvalue weighted by atomic mass is 15.2. The van der Waals surface area contributed by atoms with E-state index in [0.29, 0.717) is 5.95 Å². The first-order valence-corrected chi connectivity index (χ1v) is 9.24. The van der Waals surface area contributed by atoms with Gasteiger partial charge in [0, 0.05) is 37.4 Å². The van der Waals surface area contributed by atoms with Crippen molar-refractivity contribution in [1.29, 1.82) is 0 Å². The van der Waals surface area contributed by atoms with Gasteiger partial charge in [0.25, 0.3) is 0 Å². The molecular weight excluding hydrogens is 324 g/mol.